The van der Waals surface area contributed by atoms with Gasteiger partial charge in [-0.2, -0.15) is 5.26 Å². The number of furan rings is 1. The van der Waals surface area contributed by atoms with Gasteiger partial charge in [0.05, 0.1) is 0 Å². The highest BCUT2D eigenvalue weighted by molar-refractivity contribution is 5.97. The molecule has 80 valence electrons. The lowest BCUT2D eigenvalue weighted by Gasteiger charge is -2.14. The monoisotopic (exact) mass is 206 g/mol. The Morgan fingerprint density at radius 2 is 2.00 bits per heavy atom. The van der Waals surface area contributed by atoms with Crippen LogP contribution in [-0.4, -0.2) is 5.78 Å². The van der Waals surface area contributed by atoms with Gasteiger partial charge < -0.3 is 10.2 Å². The van der Waals surface area contributed by atoms with Crippen LogP contribution in [0.1, 0.15) is 49.6 Å². The van der Waals surface area contributed by atoms with Crippen LogP contribution in [0, 0.1) is 11.3 Å². The maximum Gasteiger partial charge on any atom is 0.197 e. The zero-order valence-electron chi connectivity index (χ0n) is 9.34. The summed E-state index contributed by atoms with van der Waals surface area (Å²) in [6.45, 7) is 7.06. The number of nitrogen functional groups attached to an aromatic ring is 1. The minimum absolute atomic E-state index is 0.0801. The number of carbonyl (C=O) groups is 1. The number of hydrogen-bond donors (Lipinski definition) is 1. The van der Waals surface area contributed by atoms with Crippen LogP contribution in [0.25, 0.3) is 0 Å². The largest absolute Gasteiger partial charge is 0.454 e. The van der Waals surface area contributed by atoms with Crippen LogP contribution >= 0.6 is 0 Å². The van der Waals surface area contributed by atoms with Gasteiger partial charge in [-0.1, -0.05) is 20.8 Å². The molecule has 4 heteroatoms. The lowest BCUT2D eigenvalue weighted by atomic mass is 9.90. The number of hydrogen-bond acceptors (Lipinski definition) is 4. The van der Waals surface area contributed by atoms with Crippen LogP contribution in [-0.2, 0) is 5.41 Å². The van der Waals surface area contributed by atoms with Gasteiger partial charge in [0, 0.05) is 12.3 Å². The quantitative estimate of drug-likeness (QED) is 0.714. The van der Waals surface area contributed by atoms with Crippen molar-refractivity contribution >= 4 is 11.5 Å². The van der Waals surface area contributed by atoms with Gasteiger partial charge in [0.15, 0.2) is 11.5 Å². The molecular weight excluding hydrogens is 192 g/mol. The lowest BCUT2D eigenvalue weighted by molar-refractivity contribution is 0.0985. The zero-order chi connectivity index (χ0) is 11.8. The first-order valence-electron chi connectivity index (χ1n) is 4.62. The van der Waals surface area contributed by atoms with Crippen molar-refractivity contribution in [2.75, 3.05) is 5.73 Å². The van der Waals surface area contributed by atoms with Crippen molar-refractivity contribution in [2.24, 2.45) is 0 Å². The van der Waals surface area contributed by atoms with Gasteiger partial charge in [-0.25, -0.2) is 0 Å². The van der Waals surface area contributed by atoms with Crippen LogP contribution in [0.3, 0.4) is 0 Å². The van der Waals surface area contributed by atoms with Gasteiger partial charge in [-0.15, -0.1) is 0 Å². The topological polar surface area (TPSA) is 80.0 Å². The van der Waals surface area contributed by atoms with E-state index in [9.17, 15) is 4.79 Å². The Labute approximate surface area is 88.7 Å². The molecule has 0 aromatic carbocycles. The van der Waals surface area contributed by atoms with Crippen molar-refractivity contribution < 1.29 is 9.21 Å². The fraction of sp³-hybridized carbons (Fsp3) is 0.455. The summed E-state index contributed by atoms with van der Waals surface area (Å²) < 4.78 is 5.37. The minimum Gasteiger partial charge on any atom is -0.454 e. The predicted octanol–water partition coefficient (Wildman–Crippen LogP) is 2.23. The third-order valence-electron chi connectivity index (χ3n) is 2.06. The third kappa shape index (κ3) is 1.86. The number of carbonyl (C=O) groups excluding carboxylic acids is 1. The molecule has 0 aliphatic carbocycles. The molecule has 0 radical (unpaired) electrons. The van der Waals surface area contributed by atoms with E-state index in [-0.39, 0.29) is 28.2 Å². The predicted molar refractivity (Wildman–Crippen MR) is 56.5 cm³/mol. The van der Waals surface area contributed by atoms with Crippen molar-refractivity contribution in [3.05, 3.63) is 17.1 Å². The van der Waals surface area contributed by atoms with Crippen molar-refractivity contribution in [3.8, 4) is 6.07 Å². The Kier molecular flexibility index (Phi) is 2.59. The molecule has 1 aromatic heterocycles. The zero-order valence-corrected chi connectivity index (χ0v) is 9.34. The molecular formula is C11H14N2O2. The van der Waals surface area contributed by atoms with Gasteiger partial charge >= 0.3 is 0 Å². The van der Waals surface area contributed by atoms with E-state index in [1.807, 2.05) is 26.8 Å². The smallest absolute Gasteiger partial charge is 0.197 e. The van der Waals surface area contributed by atoms with E-state index in [0.29, 0.717) is 5.76 Å². The average Bonchev–Trinajstić information content (AvgIpc) is 2.41. The van der Waals surface area contributed by atoms with Crippen LogP contribution in [0.5, 0.6) is 0 Å². The van der Waals surface area contributed by atoms with Crippen molar-refractivity contribution in [3.63, 3.8) is 0 Å². The second kappa shape index (κ2) is 3.43. The molecule has 0 aliphatic heterocycles. The van der Waals surface area contributed by atoms with Gasteiger partial charge in [0.25, 0.3) is 0 Å². The van der Waals surface area contributed by atoms with Crippen molar-refractivity contribution in [1.29, 1.82) is 5.26 Å². The van der Waals surface area contributed by atoms with E-state index >= 15 is 0 Å². The molecule has 0 saturated carbocycles. The summed E-state index contributed by atoms with van der Waals surface area (Å²) >= 11 is 0. The Morgan fingerprint density at radius 1 is 1.47 bits per heavy atom. The second-order valence-electron chi connectivity index (χ2n) is 4.47. The van der Waals surface area contributed by atoms with Crippen molar-refractivity contribution in [2.45, 2.75) is 33.1 Å². The van der Waals surface area contributed by atoms with Crippen molar-refractivity contribution in [1.82, 2.24) is 0 Å². The standard InChI is InChI=1S/C11H14N2O2/c1-6(14)9-8(13)7(5-12)10(15-9)11(2,3)4/h13H2,1-4H3. The van der Waals surface area contributed by atoms with Gasteiger partial charge in [0.1, 0.15) is 23.1 Å². The normalized spacial score (nSPS) is 11.1. The van der Waals surface area contributed by atoms with Crippen LogP contribution < -0.4 is 5.73 Å². The van der Waals surface area contributed by atoms with E-state index in [0.717, 1.165) is 0 Å². The van der Waals surface area contributed by atoms with Gasteiger partial charge in [-0.3, -0.25) is 4.79 Å². The molecule has 1 heterocycles. The van der Waals surface area contributed by atoms with E-state index in [2.05, 4.69) is 0 Å². The van der Waals surface area contributed by atoms with E-state index in [1.54, 1.807) is 0 Å². The molecule has 0 spiro atoms. The first-order valence-corrected chi connectivity index (χ1v) is 4.62. The summed E-state index contributed by atoms with van der Waals surface area (Å²) in [7, 11) is 0. The Bertz CT molecular complexity index is 444. The Morgan fingerprint density at radius 3 is 2.27 bits per heavy atom. The molecule has 0 saturated heterocycles. The highest BCUT2D eigenvalue weighted by Crippen LogP contribution is 2.33. The number of nitriles is 1. The highest BCUT2D eigenvalue weighted by Gasteiger charge is 2.28. The molecule has 1 aromatic rings. The molecule has 1 rings (SSSR count). The summed E-state index contributed by atoms with van der Waals surface area (Å²) in [6, 6.07) is 1.97. The number of rotatable bonds is 1. The van der Waals surface area contributed by atoms with E-state index in [1.165, 1.54) is 6.92 Å². The SMILES string of the molecule is CC(=O)c1oc(C(C)(C)C)c(C#N)c1N. The summed E-state index contributed by atoms with van der Waals surface area (Å²) in [4.78, 5) is 11.2. The fourth-order valence-electron chi connectivity index (χ4n) is 1.34. The molecule has 2 N–H and O–H groups in total. The number of nitrogens with two attached hydrogens (primary N) is 1. The second-order valence-corrected chi connectivity index (χ2v) is 4.47. The molecule has 0 fully saturated rings. The first-order chi connectivity index (χ1) is 6.79. The summed E-state index contributed by atoms with van der Waals surface area (Å²) in [5.41, 5.74) is 5.75. The number of Topliss-reactive ketones (excluding diaryl/α,β-unsaturated/α-hetero) is 1. The van der Waals surface area contributed by atoms with E-state index < -0.39 is 0 Å². The minimum atomic E-state index is -0.340. The average molecular weight is 206 g/mol. The van der Waals surface area contributed by atoms with Gasteiger partial charge in [0.2, 0.25) is 0 Å². The highest BCUT2D eigenvalue weighted by atomic mass is 16.4. The molecule has 15 heavy (non-hydrogen) atoms. The number of nitrogens with zero attached hydrogens (tertiary/aromatic N) is 1. The molecule has 0 unspecified atom stereocenters. The molecule has 0 aliphatic rings. The van der Waals surface area contributed by atoms with E-state index in [4.69, 9.17) is 15.4 Å². The lowest BCUT2D eigenvalue weighted by Crippen LogP contribution is -2.11. The fourth-order valence-corrected chi connectivity index (χ4v) is 1.34. The van der Waals surface area contributed by atoms with Crippen LogP contribution in [0.4, 0.5) is 5.69 Å². The Balaban J connectivity index is 3.50. The molecule has 0 amide bonds. The number of anilines is 1. The van der Waals surface area contributed by atoms with Crippen LogP contribution in [0.2, 0.25) is 0 Å². The molecule has 0 bridgehead atoms. The third-order valence-corrected chi connectivity index (χ3v) is 2.06. The molecule has 4 nitrogen and oxygen atoms in total. The Hall–Kier alpha value is -1.76. The molecule has 0 atom stereocenters. The maximum atomic E-state index is 11.2. The maximum absolute atomic E-state index is 11.2. The van der Waals surface area contributed by atoms with Gasteiger partial charge in [-0.05, 0) is 0 Å². The summed E-state index contributed by atoms with van der Waals surface area (Å²) in [5.74, 6) is 0.281. The first kappa shape index (κ1) is 11.3. The summed E-state index contributed by atoms with van der Waals surface area (Å²) in [5, 5.41) is 8.96. The number of ketones is 1. The van der Waals surface area contributed by atoms with Crippen LogP contribution in [0.15, 0.2) is 4.42 Å². The summed E-state index contributed by atoms with van der Waals surface area (Å²) in [6.07, 6.45) is 0.